The largest absolute Gasteiger partial charge is 0.443 e. The summed E-state index contributed by atoms with van der Waals surface area (Å²) in [5.74, 6) is -0.452. The molecule has 3 rings (SSSR count). The van der Waals surface area contributed by atoms with Gasteiger partial charge in [-0.05, 0) is 32.9 Å². The van der Waals surface area contributed by atoms with Crippen LogP contribution in [-0.2, 0) is 14.2 Å². The van der Waals surface area contributed by atoms with Crippen LogP contribution in [0.2, 0.25) is 10.0 Å². The minimum absolute atomic E-state index is 0.180. The maximum Gasteiger partial charge on any atom is 0.416 e. The molecule has 3 heterocycles. The second kappa shape index (κ2) is 9.87. The number of anilines is 1. The van der Waals surface area contributed by atoms with Gasteiger partial charge < -0.3 is 14.2 Å². The quantitative estimate of drug-likeness (QED) is 0.518. The molecule has 0 atom stereocenters. The summed E-state index contributed by atoms with van der Waals surface area (Å²) in [6.07, 6.45) is 1.80. The maximum atomic E-state index is 13.8. The van der Waals surface area contributed by atoms with Crippen LogP contribution in [0.5, 0.6) is 0 Å². The van der Waals surface area contributed by atoms with E-state index in [0.29, 0.717) is 26.1 Å². The first-order valence-electron chi connectivity index (χ1n) is 10.1. The van der Waals surface area contributed by atoms with Gasteiger partial charge >= 0.3 is 6.09 Å². The average Bonchev–Trinajstić information content (AvgIpc) is 2.74. The summed E-state index contributed by atoms with van der Waals surface area (Å²) in [6.45, 7) is 6.56. The molecular weight excluding hydrogens is 460 g/mol. The van der Waals surface area contributed by atoms with Crippen LogP contribution < -0.4 is 4.90 Å². The zero-order valence-electron chi connectivity index (χ0n) is 18.5. The highest BCUT2D eigenvalue weighted by molar-refractivity contribution is 6.36. The molecule has 1 aliphatic rings. The van der Waals surface area contributed by atoms with E-state index < -0.39 is 23.2 Å². The number of amides is 1. The van der Waals surface area contributed by atoms with E-state index in [4.69, 9.17) is 37.4 Å². The Hall–Kier alpha value is -2.00. The van der Waals surface area contributed by atoms with Crippen LogP contribution in [0, 0.1) is 5.95 Å². The van der Waals surface area contributed by atoms with Gasteiger partial charge in [0.25, 0.3) is 0 Å². The molecular formula is C22H26Cl2FN3O4. The highest BCUT2D eigenvalue weighted by Crippen LogP contribution is 2.35. The Kier molecular flexibility index (Phi) is 7.60. The summed E-state index contributed by atoms with van der Waals surface area (Å²) >= 11 is 12.6. The molecule has 10 heteroatoms. The number of rotatable bonds is 5. The van der Waals surface area contributed by atoms with E-state index in [2.05, 4.69) is 9.97 Å². The standard InChI is InChI=1S/C22H26Cl2FN3O4/c1-21(2,3)32-20(29)28(13-22(30-4)7-9-31-10-8-22)18-6-5-15(23)19(27-18)14-11-17(25)26-12-16(14)24/h5-6,11-12H,7-10,13H2,1-4H3. The SMILES string of the molecule is COC1(CN(C(=O)OC(C)(C)C)c2ccc(Cl)c(-c3cc(F)ncc3Cl)n2)CCOCC1. The average molecular weight is 486 g/mol. The Morgan fingerprint density at radius 2 is 1.94 bits per heavy atom. The highest BCUT2D eigenvalue weighted by atomic mass is 35.5. The topological polar surface area (TPSA) is 73.8 Å². The molecule has 7 nitrogen and oxygen atoms in total. The Balaban J connectivity index is 2.06. The number of hydrogen-bond donors (Lipinski definition) is 0. The van der Waals surface area contributed by atoms with Gasteiger partial charge in [0, 0.05) is 51.0 Å². The smallest absolute Gasteiger partial charge is 0.416 e. The fourth-order valence-electron chi connectivity index (χ4n) is 3.38. The molecule has 0 aliphatic carbocycles. The molecule has 32 heavy (non-hydrogen) atoms. The normalized spacial score (nSPS) is 16.0. The van der Waals surface area contributed by atoms with Crippen molar-refractivity contribution in [2.24, 2.45) is 0 Å². The van der Waals surface area contributed by atoms with Crippen molar-refractivity contribution >= 4 is 35.1 Å². The van der Waals surface area contributed by atoms with Crippen LogP contribution in [0.4, 0.5) is 15.0 Å². The molecule has 0 saturated carbocycles. The molecule has 1 amide bonds. The Bertz CT molecular complexity index is 978. The van der Waals surface area contributed by atoms with Crippen molar-refractivity contribution in [1.82, 2.24) is 9.97 Å². The van der Waals surface area contributed by atoms with Crippen molar-refractivity contribution < 1.29 is 23.4 Å². The van der Waals surface area contributed by atoms with Crippen LogP contribution in [-0.4, -0.2) is 54.1 Å². The third-order valence-electron chi connectivity index (χ3n) is 5.08. The van der Waals surface area contributed by atoms with Gasteiger partial charge in [0.1, 0.15) is 11.4 Å². The Morgan fingerprint density at radius 3 is 2.56 bits per heavy atom. The number of pyridine rings is 2. The molecule has 174 valence electrons. The van der Waals surface area contributed by atoms with Crippen LogP contribution >= 0.6 is 23.2 Å². The molecule has 0 unspecified atom stereocenters. The fourth-order valence-corrected chi connectivity index (χ4v) is 3.78. The molecule has 2 aromatic heterocycles. The van der Waals surface area contributed by atoms with Crippen LogP contribution in [0.15, 0.2) is 24.4 Å². The van der Waals surface area contributed by atoms with Gasteiger partial charge in [-0.2, -0.15) is 4.39 Å². The van der Waals surface area contributed by atoms with Crippen molar-refractivity contribution in [3.63, 3.8) is 0 Å². The lowest BCUT2D eigenvalue weighted by Gasteiger charge is -2.39. The van der Waals surface area contributed by atoms with Gasteiger partial charge in [0.15, 0.2) is 0 Å². The first-order chi connectivity index (χ1) is 15.0. The maximum absolute atomic E-state index is 13.8. The lowest BCUT2D eigenvalue weighted by Crippen LogP contribution is -2.51. The highest BCUT2D eigenvalue weighted by Gasteiger charge is 2.38. The van der Waals surface area contributed by atoms with Crippen molar-refractivity contribution in [1.29, 1.82) is 0 Å². The van der Waals surface area contributed by atoms with Crippen molar-refractivity contribution in [3.05, 3.63) is 40.4 Å². The molecule has 0 spiro atoms. The van der Waals surface area contributed by atoms with Crippen molar-refractivity contribution in [2.45, 2.75) is 44.8 Å². The molecule has 0 aromatic carbocycles. The third-order valence-corrected chi connectivity index (χ3v) is 5.69. The Morgan fingerprint density at radius 1 is 1.25 bits per heavy atom. The van der Waals surface area contributed by atoms with Crippen molar-refractivity contribution in [3.8, 4) is 11.3 Å². The molecule has 0 radical (unpaired) electrons. The zero-order chi connectivity index (χ0) is 23.5. The van der Waals surface area contributed by atoms with Gasteiger partial charge in [-0.25, -0.2) is 14.8 Å². The lowest BCUT2D eigenvalue weighted by atomic mass is 9.93. The first-order valence-corrected chi connectivity index (χ1v) is 10.9. The summed E-state index contributed by atoms with van der Waals surface area (Å²) in [5, 5.41) is 0.428. The number of aromatic nitrogens is 2. The minimum Gasteiger partial charge on any atom is -0.443 e. The van der Waals surface area contributed by atoms with E-state index >= 15 is 0 Å². The predicted octanol–water partition coefficient (Wildman–Crippen LogP) is 5.53. The van der Waals surface area contributed by atoms with Gasteiger partial charge in [-0.15, -0.1) is 0 Å². The van der Waals surface area contributed by atoms with E-state index in [0.717, 1.165) is 6.07 Å². The second-order valence-corrected chi connectivity index (χ2v) is 9.37. The van der Waals surface area contributed by atoms with Gasteiger partial charge in [-0.1, -0.05) is 23.2 Å². The van der Waals surface area contributed by atoms with E-state index in [9.17, 15) is 9.18 Å². The number of hydrogen-bond acceptors (Lipinski definition) is 6. The lowest BCUT2D eigenvalue weighted by molar-refractivity contribution is -0.0843. The molecule has 0 bridgehead atoms. The zero-order valence-corrected chi connectivity index (χ0v) is 20.0. The van der Waals surface area contributed by atoms with E-state index in [-0.39, 0.29) is 33.7 Å². The van der Waals surface area contributed by atoms with Gasteiger partial charge in [0.2, 0.25) is 5.95 Å². The Labute approximate surface area is 196 Å². The van der Waals surface area contributed by atoms with Crippen molar-refractivity contribution in [2.75, 3.05) is 31.8 Å². The molecule has 2 aromatic rings. The molecule has 1 aliphatic heterocycles. The van der Waals surface area contributed by atoms with E-state index in [1.54, 1.807) is 40.0 Å². The summed E-state index contributed by atoms with van der Waals surface area (Å²) in [5.41, 5.74) is -0.861. The molecule has 1 fully saturated rings. The second-order valence-electron chi connectivity index (χ2n) is 8.55. The fraction of sp³-hybridized carbons (Fsp3) is 0.500. The summed E-state index contributed by atoms with van der Waals surface area (Å²) in [6, 6.07) is 4.33. The molecule has 0 N–H and O–H groups in total. The van der Waals surface area contributed by atoms with E-state index in [1.807, 2.05) is 0 Å². The first kappa shape index (κ1) is 24.6. The van der Waals surface area contributed by atoms with Crippen LogP contribution in [0.3, 0.4) is 0 Å². The number of methoxy groups -OCH3 is 1. The van der Waals surface area contributed by atoms with Crippen LogP contribution in [0.25, 0.3) is 11.3 Å². The monoisotopic (exact) mass is 485 g/mol. The van der Waals surface area contributed by atoms with Gasteiger partial charge in [0.05, 0.1) is 27.9 Å². The number of carbonyl (C=O) groups excluding carboxylic acids is 1. The van der Waals surface area contributed by atoms with E-state index in [1.165, 1.54) is 11.1 Å². The number of halogens is 3. The number of ether oxygens (including phenoxy) is 3. The summed E-state index contributed by atoms with van der Waals surface area (Å²) in [7, 11) is 1.61. The number of nitrogens with zero attached hydrogens (tertiary/aromatic N) is 3. The minimum atomic E-state index is -0.725. The summed E-state index contributed by atoms with van der Waals surface area (Å²) in [4.78, 5) is 22.7. The van der Waals surface area contributed by atoms with Crippen LogP contribution in [0.1, 0.15) is 33.6 Å². The summed E-state index contributed by atoms with van der Waals surface area (Å²) < 4.78 is 30.7. The predicted molar refractivity (Wildman–Crippen MR) is 121 cm³/mol. The third kappa shape index (κ3) is 5.86. The molecule has 1 saturated heterocycles. The number of carbonyl (C=O) groups is 1. The van der Waals surface area contributed by atoms with Gasteiger partial charge in [-0.3, -0.25) is 4.90 Å².